The fraction of sp³-hybridized carbons (Fsp3) is 0.533. The molecule has 1 fully saturated rings. The van der Waals surface area contributed by atoms with Gasteiger partial charge in [-0.05, 0) is 80.3 Å². The summed E-state index contributed by atoms with van der Waals surface area (Å²) in [5, 5.41) is 0.636. The lowest BCUT2D eigenvalue weighted by Crippen LogP contribution is -2.50. The topological polar surface area (TPSA) is 68.3 Å². The zero-order valence-corrected chi connectivity index (χ0v) is 24.8. The molecule has 1 aliphatic carbocycles. The van der Waals surface area contributed by atoms with E-state index in [-0.39, 0.29) is 41.5 Å². The number of hydrogen-bond acceptors (Lipinski definition) is 4. The standard InChI is InChI=1S/C30H38Cl2O4S/c1-18(2)26(17-37(35,36)19(3)4)28-27(21-10-12-23(31)13-11-21)25(22-8-7-9-24(32)14-22)16-30(6,29(28)34)15-20(5)33/h7-14,18-19,25-28H,15-17H2,1-6H3/t25-,26-,27-,28?,30+/m1/s1. The van der Waals surface area contributed by atoms with Gasteiger partial charge in [-0.3, -0.25) is 9.59 Å². The first kappa shape index (κ1) is 29.9. The second kappa shape index (κ2) is 11.6. The van der Waals surface area contributed by atoms with E-state index in [0.29, 0.717) is 16.5 Å². The number of ketones is 2. The second-order valence-electron chi connectivity index (χ2n) is 11.6. The van der Waals surface area contributed by atoms with E-state index in [2.05, 4.69) is 0 Å². The monoisotopic (exact) mass is 564 g/mol. The molecule has 0 N–H and O–H groups in total. The van der Waals surface area contributed by atoms with Crippen LogP contribution < -0.4 is 0 Å². The Kier molecular flexibility index (Phi) is 9.35. The first-order valence-corrected chi connectivity index (χ1v) is 15.4. The van der Waals surface area contributed by atoms with E-state index in [1.54, 1.807) is 13.8 Å². The lowest BCUT2D eigenvalue weighted by molar-refractivity contribution is -0.143. The third-order valence-electron chi connectivity index (χ3n) is 8.02. The fourth-order valence-corrected chi connectivity index (χ4v) is 7.90. The molecular weight excluding hydrogens is 527 g/mol. The third kappa shape index (κ3) is 6.66. The van der Waals surface area contributed by atoms with Crippen LogP contribution in [0.5, 0.6) is 0 Å². The van der Waals surface area contributed by atoms with Crippen LogP contribution in [0.2, 0.25) is 10.0 Å². The van der Waals surface area contributed by atoms with Crippen LogP contribution in [0.3, 0.4) is 0 Å². The van der Waals surface area contributed by atoms with Gasteiger partial charge in [0.1, 0.15) is 11.6 Å². The number of sulfone groups is 1. The summed E-state index contributed by atoms with van der Waals surface area (Å²) in [4.78, 5) is 26.9. The van der Waals surface area contributed by atoms with Gasteiger partial charge in [0.05, 0.1) is 11.0 Å². The number of Topliss-reactive ketones (excluding diaryl/α,β-unsaturated/α-hetero) is 2. The van der Waals surface area contributed by atoms with Crippen molar-refractivity contribution in [2.24, 2.45) is 23.2 Å². The van der Waals surface area contributed by atoms with E-state index in [9.17, 15) is 18.0 Å². The highest BCUT2D eigenvalue weighted by atomic mass is 35.5. The molecule has 202 valence electrons. The lowest BCUT2D eigenvalue weighted by atomic mass is 9.53. The molecular formula is C30H38Cl2O4S. The van der Waals surface area contributed by atoms with E-state index in [0.717, 1.165) is 11.1 Å². The Labute approximate surface area is 232 Å². The van der Waals surface area contributed by atoms with Crippen molar-refractivity contribution >= 4 is 44.6 Å². The number of carbonyl (C=O) groups is 2. The summed E-state index contributed by atoms with van der Waals surface area (Å²) in [5.74, 6) is -1.70. The summed E-state index contributed by atoms with van der Waals surface area (Å²) < 4.78 is 26.4. The molecule has 2 aromatic rings. The van der Waals surface area contributed by atoms with Crippen LogP contribution in [-0.4, -0.2) is 31.0 Å². The minimum absolute atomic E-state index is 0.0291. The summed E-state index contributed by atoms with van der Waals surface area (Å²) in [5.41, 5.74) is 1.00. The molecule has 5 atom stereocenters. The first-order chi connectivity index (χ1) is 17.2. The Morgan fingerprint density at radius 1 is 1.00 bits per heavy atom. The van der Waals surface area contributed by atoms with Crippen LogP contribution in [0.25, 0.3) is 0 Å². The average Bonchev–Trinajstić information content (AvgIpc) is 2.79. The highest BCUT2D eigenvalue weighted by molar-refractivity contribution is 7.91. The third-order valence-corrected chi connectivity index (χ3v) is 10.8. The molecule has 1 unspecified atom stereocenters. The van der Waals surface area contributed by atoms with E-state index >= 15 is 0 Å². The highest BCUT2D eigenvalue weighted by Crippen LogP contribution is 2.56. The molecule has 0 heterocycles. The van der Waals surface area contributed by atoms with Gasteiger partial charge in [-0.15, -0.1) is 0 Å². The first-order valence-electron chi connectivity index (χ1n) is 12.9. The SMILES string of the molecule is CC(=O)C[C@@]1(C)C[C@H](c2cccc(Cl)c2)[C@@H](c2ccc(Cl)cc2)C([C@H](CS(=O)(=O)C(C)C)C(C)C)C1=O. The molecule has 0 saturated heterocycles. The van der Waals surface area contributed by atoms with Crippen molar-refractivity contribution in [3.8, 4) is 0 Å². The zero-order valence-electron chi connectivity index (χ0n) is 22.5. The Morgan fingerprint density at radius 3 is 2.14 bits per heavy atom. The summed E-state index contributed by atoms with van der Waals surface area (Å²) in [6.45, 7) is 10.7. The van der Waals surface area contributed by atoms with Crippen molar-refractivity contribution in [1.82, 2.24) is 0 Å². The minimum atomic E-state index is -3.44. The second-order valence-corrected chi connectivity index (χ2v) is 15.0. The molecule has 4 nitrogen and oxygen atoms in total. The van der Waals surface area contributed by atoms with Crippen LogP contribution >= 0.6 is 23.2 Å². The molecule has 0 amide bonds. The largest absolute Gasteiger partial charge is 0.300 e. The number of hydrogen-bond donors (Lipinski definition) is 0. The molecule has 37 heavy (non-hydrogen) atoms. The van der Waals surface area contributed by atoms with Crippen LogP contribution in [0.4, 0.5) is 0 Å². The summed E-state index contributed by atoms with van der Waals surface area (Å²) >= 11 is 12.6. The normalized spacial score (nSPS) is 25.5. The van der Waals surface area contributed by atoms with Gasteiger partial charge in [-0.2, -0.15) is 0 Å². The van der Waals surface area contributed by atoms with Crippen LogP contribution in [0.15, 0.2) is 48.5 Å². The average molecular weight is 566 g/mol. The maximum atomic E-state index is 14.5. The van der Waals surface area contributed by atoms with Gasteiger partial charge < -0.3 is 0 Å². The minimum Gasteiger partial charge on any atom is -0.300 e. The number of halogens is 2. The van der Waals surface area contributed by atoms with E-state index in [4.69, 9.17) is 23.2 Å². The molecule has 0 radical (unpaired) electrons. The van der Waals surface area contributed by atoms with Gasteiger partial charge in [0.15, 0.2) is 9.84 Å². The molecule has 0 aliphatic heterocycles. The van der Waals surface area contributed by atoms with Crippen molar-refractivity contribution < 1.29 is 18.0 Å². The molecule has 1 saturated carbocycles. The quantitative estimate of drug-likeness (QED) is 0.315. The summed E-state index contributed by atoms with van der Waals surface area (Å²) in [6, 6.07) is 15.1. The van der Waals surface area contributed by atoms with Crippen LogP contribution in [-0.2, 0) is 19.4 Å². The molecule has 2 aromatic carbocycles. The maximum absolute atomic E-state index is 14.5. The van der Waals surface area contributed by atoms with Gasteiger partial charge in [-0.25, -0.2) is 8.42 Å². The fourth-order valence-electron chi connectivity index (χ4n) is 6.06. The molecule has 7 heteroatoms. The maximum Gasteiger partial charge on any atom is 0.152 e. The van der Waals surface area contributed by atoms with Gasteiger partial charge in [-0.1, -0.05) is 68.2 Å². The predicted molar refractivity (Wildman–Crippen MR) is 152 cm³/mol. The van der Waals surface area contributed by atoms with Crippen molar-refractivity contribution in [2.45, 2.75) is 71.5 Å². The smallest absolute Gasteiger partial charge is 0.152 e. The van der Waals surface area contributed by atoms with Gasteiger partial charge in [0, 0.05) is 33.7 Å². The Bertz CT molecular complexity index is 1240. The molecule has 0 bridgehead atoms. The number of rotatable bonds is 9. The van der Waals surface area contributed by atoms with Crippen molar-refractivity contribution in [3.63, 3.8) is 0 Å². The van der Waals surface area contributed by atoms with E-state index in [1.807, 2.05) is 69.3 Å². The van der Waals surface area contributed by atoms with Gasteiger partial charge >= 0.3 is 0 Å². The van der Waals surface area contributed by atoms with Crippen LogP contribution in [0.1, 0.15) is 77.3 Å². The van der Waals surface area contributed by atoms with Crippen LogP contribution in [0, 0.1) is 23.2 Å². The molecule has 0 spiro atoms. The number of benzene rings is 2. The van der Waals surface area contributed by atoms with Crippen molar-refractivity contribution in [3.05, 3.63) is 69.7 Å². The summed E-state index contributed by atoms with van der Waals surface area (Å²) in [7, 11) is -3.44. The summed E-state index contributed by atoms with van der Waals surface area (Å²) in [6.07, 6.45) is 0.589. The highest BCUT2D eigenvalue weighted by Gasteiger charge is 2.54. The predicted octanol–water partition coefficient (Wildman–Crippen LogP) is 7.53. The van der Waals surface area contributed by atoms with E-state index < -0.39 is 32.3 Å². The van der Waals surface area contributed by atoms with Gasteiger partial charge in [0.25, 0.3) is 0 Å². The Balaban J connectivity index is 2.30. The van der Waals surface area contributed by atoms with Crippen molar-refractivity contribution in [2.75, 3.05) is 5.75 Å². The van der Waals surface area contributed by atoms with Gasteiger partial charge in [0.2, 0.25) is 0 Å². The lowest BCUT2D eigenvalue weighted by Gasteiger charge is -2.50. The molecule has 0 aromatic heterocycles. The number of carbonyl (C=O) groups excluding carboxylic acids is 2. The zero-order chi connectivity index (χ0) is 27.7. The Morgan fingerprint density at radius 2 is 1.62 bits per heavy atom. The van der Waals surface area contributed by atoms with E-state index in [1.165, 1.54) is 6.92 Å². The Hall–Kier alpha value is -1.69. The molecule has 3 rings (SSSR count). The van der Waals surface area contributed by atoms with Crippen molar-refractivity contribution in [1.29, 1.82) is 0 Å². The molecule has 1 aliphatic rings.